The van der Waals surface area contributed by atoms with Gasteiger partial charge in [0.05, 0.1) is 12.0 Å². The summed E-state index contributed by atoms with van der Waals surface area (Å²) in [4.78, 5) is 25.4. The van der Waals surface area contributed by atoms with Crippen molar-refractivity contribution in [1.82, 2.24) is 14.9 Å². The Bertz CT molecular complexity index is 1090. The molecule has 2 aliphatic heterocycles. The van der Waals surface area contributed by atoms with E-state index in [-0.39, 0.29) is 12.0 Å². The maximum absolute atomic E-state index is 11.2. The van der Waals surface area contributed by atoms with Crippen LogP contribution in [0.4, 0.5) is 11.8 Å². The minimum absolute atomic E-state index is 0.0224. The molecule has 1 aromatic carbocycles. The Kier molecular flexibility index (Phi) is 7.11. The molecular formula is C26H33Cl2N5O2. The summed E-state index contributed by atoms with van der Waals surface area (Å²) in [5, 5.41) is 13.9. The third-order valence-corrected chi connectivity index (χ3v) is 8.63. The Morgan fingerprint density at radius 2 is 1.97 bits per heavy atom. The molecule has 0 spiro atoms. The summed E-state index contributed by atoms with van der Waals surface area (Å²) in [6.07, 6.45) is 5.96. The molecule has 3 aliphatic rings. The van der Waals surface area contributed by atoms with Crippen LogP contribution in [0, 0.1) is 24.7 Å². The quantitative estimate of drug-likeness (QED) is 0.517. The number of likely N-dealkylation sites (tertiary alicyclic amines) is 1. The Morgan fingerprint density at radius 3 is 2.69 bits per heavy atom. The first-order valence-electron chi connectivity index (χ1n) is 12.6. The van der Waals surface area contributed by atoms with Gasteiger partial charge in [-0.3, -0.25) is 4.79 Å². The van der Waals surface area contributed by atoms with Gasteiger partial charge in [0.1, 0.15) is 5.82 Å². The van der Waals surface area contributed by atoms with E-state index in [0.717, 1.165) is 61.9 Å². The van der Waals surface area contributed by atoms with Gasteiger partial charge < -0.3 is 20.2 Å². The number of carboxylic acids is 1. The van der Waals surface area contributed by atoms with Crippen LogP contribution in [-0.4, -0.2) is 58.2 Å². The summed E-state index contributed by atoms with van der Waals surface area (Å²) in [7, 11) is 0. The number of rotatable bonds is 7. The highest BCUT2D eigenvalue weighted by Crippen LogP contribution is 2.38. The number of aliphatic carboxylic acids is 1. The first-order chi connectivity index (χ1) is 16.8. The molecule has 3 heterocycles. The largest absolute Gasteiger partial charge is 0.481 e. The van der Waals surface area contributed by atoms with Crippen molar-refractivity contribution < 1.29 is 9.90 Å². The number of hydrogen-bond acceptors (Lipinski definition) is 6. The normalized spacial score (nSPS) is 26.1. The molecule has 35 heavy (non-hydrogen) atoms. The maximum atomic E-state index is 11.2. The molecule has 1 aromatic heterocycles. The zero-order valence-electron chi connectivity index (χ0n) is 20.3. The van der Waals surface area contributed by atoms with Gasteiger partial charge in [0, 0.05) is 47.5 Å². The molecule has 9 heteroatoms. The van der Waals surface area contributed by atoms with Crippen LogP contribution in [0.25, 0.3) is 0 Å². The monoisotopic (exact) mass is 517 g/mol. The number of aromatic nitrogens is 2. The summed E-state index contributed by atoms with van der Waals surface area (Å²) in [5.74, 6) is 2.11. The van der Waals surface area contributed by atoms with E-state index >= 15 is 0 Å². The van der Waals surface area contributed by atoms with Crippen molar-refractivity contribution in [3.63, 3.8) is 0 Å². The van der Waals surface area contributed by atoms with Crippen molar-refractivity contribution in [1.29, 1.82) is 0 Å². The van der Waals surface area contributed by atoms with Crippen LogP contribution in [0.1, 0.15) is 49.8 Å². The molecule has 2 saturated heterocycles. The van der Waals surface area contributed by atoms with Crippen molar-refractivity contribution in [2.45, 2.75) is 51.6 Å². The summed E-state index contributed by atoms with van der Waals surface area (Å²) in [5.41, 5.74) is 1.97. The van der Waals surface area contributed by atoms with Crippen LogP contribution in [0.3, 0.4) is 0 Å². The van der Waals surface area contributed by atoms with Gasteiger partial charge in [-0.1, -0.05) is 29.3 Å². The van der Waals surface area contributed by atoms with E-state index in [2.05, 4.69) is 27.0 Å². The summed E-state index contributed by atoms with van der Waals surface area (Å²) < 4.78 is 0. The van der Waals surface area contributed by atoms with E-state index in [0.29, 0.717) is 27.9 Å². The first kappa shape index (κ1) is 24.6. The summed E-state index contributed by atoms with van der Waals surface area (Å²) in [6.45, 7) is 8.22. The molecule has 2 N–H and O–H groups in total. The van der Waals surface area contributed by atoms with Crippen LogP contribution in [0.15, 0.2) is 24.4 Å². The van der Waals surface area contributed by atoms with E-state index in [4.69, 9.17) is 28.2 Å². The molecule has 1 aliphatic carbocycles. The maximum Gasteiger partial charge on any atom is 0.306 e. The van der Waals surface area contributed by atoms with E-state index in [9.17, 15) is 9.90 Å². The number of halogens is 2. The SMILES string of the molecule is Cc1cnc(N2CC([C@H]3CCCN([C@H]4C[C@@H](C(=O)O)C4)C3)C2)nc1N[C@H](C)c1ccc(Cl)cc1Cl. The highest BCUT2D eigenvalue weighted by atomic mass is 35.5. The minimum atomic E-state index is -0.637. The summed E-state index contributed by atoms with van der Waals surface area (Å²) in [6, 6.07) is 5.99. The van der Waals surface area contributed by atoms with Gasteiger partial charge in [-0.2, -0.15) is 4.98 Å². The van der Waals surface area contributed by atoms with Gasteiger partial charge in [0.2, 0.25) is 5.95 Å². The average Bonchev–Trinajstić information content (AvgIpc) is 2.74. The molecule has 188 valence electrons. The second-order valence-corrected chi connectivity index (χ2v) is 11.3. The Hall–Kier alpha value is -2.09. The molecule has 0 bridgehead atoms. The molecule has 5 rings (SSSR count). The number of piperidine rings is 1. The number of anilines is 2. The highest BCUT2D eigenvalue weighted by molar-refractivity contribution is 6.35. The zero-order chi connectivity index (χ0) is 24.7. The van der Waals surface area contributed by atoms with Crippen LogP contribution in [0.5, 0.6) is 0 Å². The van der Waals surface area contributed by atoms with Crippen molar-refractivity contribution in [3.8, 4) is 0 Å². The zero-order valence-corrected chi connectivity index (χ0v) is 21.8. The molecule has 7 nitrogen and oxygen atoms in total. The smallest absolute Gasteiger partial charge is 0.306 e. The fourth-order valence-electron chi connectivity index (χ4n) is 5.69. The van der Waals surface area contributed by atoms with Gasteiger partial charge in [0.15, 0.2) is 0 Å². The van der Waals surface area contributed by atoms with E-state index < -0.39 is 5.97 Å². The molecule has 0 unspecified atom stereocenters. The lowest BCUT2D eigenvalue weighted by atomic mass is 9.76. The molecule has 0 radical (unpaired) electrons. The van der Waals surface area contributed by atoms with E-state index in [1.165, 1.54) is 12.8 Å². The third kappa shape index (κ3) is 5.23. The van der Waals surface area contributed by atoms with Gasteiger partial charge in [-0.25, -0.2) is 4.98 Å². The van der Waals surface area contributed by atoms with Gasteiger partial charge in [0.25, 0.3) is 0 Å². The van der Waals surface area contributed by atoms with Crippen LogP contribution in [-0.2, 0) is 4.79 Å². The number of carbonyl (C=O) groups is 1. The van der Waals surface area contributed by atoms with Crippen molar-refractivity contribution in [2.75, 3.05) is 36.4 Å². The molecule has 3 fully saturated rings. The summed E-state index contributed by atoms with van der Waals surface area (Å²) >= 11 is 12.5. The van der Waals surface area contributed by atoms with Gasteiger partial charge in [-0.05, 0) is 75.6 Å². The van der Waals surface area contributed by atoms with Crippen LogP contribution >= 0.6 is 23.2 Å². The van der Waals surface area contributed by atoms with Crippen LogP contribution in [0.2, 0.25) is 10.0 Å². The van der Waals surface area contributed by atoms with Gasteiger partial charge >= 0.3 is 5.97 Å². The number of nitrogens with zero attached hydrogens (tertiary/aromatic N) is 4. The molecule has 2 aromatic rings. The molecule has 1 saturated carbocycles. The standard InChI is InChI=1S/C26H33Cl2N5O2/c1-15-11-29-26(31-24(15)30-16(2)22-6-5-20(27)10-23(22)28)33-13-19(14-33)17-4-3-7-32(12-17)21-8-18(9-21)25(34)35/h5-6,10-11,16-19,21H,3-4,7-9,12-14H2,1-2H3,(H,34,35)(H,29,30,31)/t16-,17+,18-,21+/m1/s1. The van der Waals surface area contributed by atoms with Gasteiger partial charge in [-0.15, -0.1) is 0 Å². The molecule has 0 amide bonds. The topological polar surface area (TPSA) is 81.6 Å². The highest BCUT2D eigenvalue weighted by Gasteiger charge is 2.42. The minimum Gasteiger partial charge on any atom is -0.481 e. The lowest BCUT2D eigenvalue weighted by Crippen LogP contribution is -2.56. The van der Waals surface area contributed by atoms with Crippen LogP contribution < -0.4 is 10.2 Å². The lowest BCUT2D eigenvalue weighted by molar-refractivity contribution is -0.147. The number of benzene rings is 1. The number of nitrogens with one attached hydrogen (secondary N) is 1. The second kappa shape index (κ2) is 10.1. The number of hydrogen-bond donors (Lipinski definition) is 2. The fourth-order valence-corrected chi connectivity index (χ4v) is 6.26. The Labute approximate surface area is 216 Å². The Morgan fingerprint density at radius 1 is 1.20 bits per heavy atom. The van der Waals surface area contributed by atoms with E-state index in [1.807, 2.05) is 25.3 Å². The molecule has 2 atom stereocenters. The predicted molar refractivity (Wildman–Crippen MR) is 139 cm³/mol. The van der Waals surface area contributed by atoms with E-state index in [1.54, 1.807) is 6.07 Å². The lowest BCUT2D eigenvalue weighted by Gasteiger charge is -2.50. The first-order valence-corrected chi connectivity index (χ1v) is 13.3. The third-order valence-electron chi connectivity index (χ3n) is 8.07. The number of aryl methyl sites for hydroxylation is 1. The second-order valence-electron chi connectivity index (χ2n) is 10.5. The Balaban J connectivity index is 1.17. The fraction of sp³-hybridized carbons (Fsp3) is 0.577. The molecular weight excluding hydrogens is 485 g/mol. The van der Waals surface area contributed by atoms with Crippen molar-refractivity contribution in [2.24, 2.45) is 17.8 Å². The predicted octanol–water partition coefficient (Wildman–Crippen LogP) is 5.28. The number of carboxylic acid groups (broad SMARTS) is 1. The van der Waals surface area contributed by atoms with Crippen molar-refractivity contribution in [3.05, 3.63) is 45.6 Å². The van der Waals surface area contributed by atoms with Crippen molar-refractivity contribution >= 4 is 40.9 Å². The average molecular weight is 518 g/mol.